The van der Waals surface area contributed by atoms with E-state index in [1.165, 1.54) is 85.4 Å². The van der Waals surface area contributed by atoms with Gasteiger partial charge in [-0.1, -0.05) is 164 Å². The third kappa shape index (κ3) is 4.84. The minimum absolute atomic E-state index is 0.949. The molecule has 0 spiro atoms. The molecule has 11 aromatic rings. The number of fused-ring (bicyclic) bond motifs is 13. The molecule has 3 heteroatoms. The predicted molar refractivity (Wildman–Crippen MR) is 243 cm³/mol. The summed E-state index contributed by atoms with van der Waals surface area (Å²) in [6.07, 6.45) is 6.41. The molecular formula is C53H36N2S. The number of allylic oxidation sites excluding steroid dienone is 4. The predicted octanol–water partition coefficient (Wildman–Crippen LogP) is 15.3. The highest BCUT2D eigenvalue weighted by Gasteiger charge is 2.24. The second kappa shape index (κ2) is 12.9. The largest absolute Gasteiger partial charge is 0.308 e. The number of thiophene rings is 1. The minimum Gasteiger partial charge on any atom is -0.308 e. The second-order valence-corrected chi connectivity index (χ2v) is 15.5. The van der Waals surface area contributed by atoms with Gasteiger partial charge in [-0.05, 0) is 70.1 Å². The van der Waals surface area contributed by atoms with Crippen molar-refractivity contribution in [2.75, 3.05) is 0 Å². The Morgan fingerprint density at radius 3 is 1.98 bits per heavy atom. The molecule has 8 aromatic carbocycles. The number of benzene rings is 8. The van der Waals surface area contributed by atoms with Crippen LogP contribution in [0.25, 0.3) is 108 Å². The molecule has 11 rings (SSSR count). The third-order valence-electron chi connectivity index (χ3n) is 11.4. The monoisotopic (exact) mass is 732 g/mol. The van der Waals surface area contributed by atoms with E-state index < -0.39 is 0 Å². The minimum atomic E-state index is 0.949. The number of pyridine rings is 1. The van der Waals surface area contributed by atoms with Crippen LogP contribution < -0.4 is 0 Å². The average Bonchev–Trinajstić information content (AvgIpc) is 3.82. The summed E-state index contributed by atoms with van der Waals surface area (Å²) in [5.74, 6) is 0. The van der Waals surface area contributed by atoms with Crippen molar-refractivity contribution < 1.29 is 0 Å². The Morgan fingerprint density at radius 1 is 0.536 bits per heavy atom. The summed E-state index contributed by atoms with van der Waals surface area (Å²) in [7, 11) is 0. The van der Waals surface area contributed by atoms with Crippen LogP contribution in [0.2, 0.25) is 0 Å². The zero-order chi connectivity index (χ0) is 37.3. The van der Waals surface area contributed by atoms with Gasteiger partial charge in [0.05, 0.1) is 28.1 Å². The first-order valence-electron chi connectivity index (χ1n) is 19.3. The van der Waals surface area contributed by atoms with Gasteiger partial charge in [-0.15, -0.1) is 11.3 Å². The Balaban J connectivity index is 1.33. The molecule has 0 amide bonds. The summed E-state index contributed by atoms with van der Waals surface area (Å²) in [6, 6.07) is 60.0. The van der Waals surface area contributed by atoms with Crippen molar-refractivity contribution in [3.8, 4) is 28.1 Å². The zero-order valence-corrected chi connectivity index (χ0v) is 31.9. The van der Waals surface area contributed by atoms with Crippen LogP contribution in [0, 0.1) is 0 Å². The molecule has 0 unspecified atom stereocenters. The van der Waals surface area contributed by atoms with Gasteiger partial charge in [0.2, 0.25) is 0 Å². The number of rotatable bonds is 5. The maximum absolute atomic E-state index is 5.28. The Bertz CT molecular complexity index is 3430. The van der Waals surface area contributed by atoms with E-state index in [0.29, 0.717) is 0 Å². The molecule has 3 aromatic heterocycles. The number of hydrogen-bond acceptors (Lipinski definition) is 2. The van der Waals surface area contributed by atoms with E-state index in [-0.39, 0.29) is 0 Å². The summed E-state index contributed by atoms with van der Waals surface area (Å²) < 4.78 is 5.16. The molecule has 0 aliphatic heterocycles. The number of aromatic nitrogens is 2. The molecule has 2 nitrogen and oxygen atoms in total. The molecule has 0 saturated carbocycles. The first-order valence-corrected chi connectivity index (χ1v) is 20.1. The van der Waals surface area contributed by atoms with E-state index in [0.717, 1.165) is 28.2 Å². The Labute approximate surface area is 328 Å². The van der Waals surface area contributed by atoms with Gasteiger partial charge >= 0.3 is 0 Å². The fourth-order valence-electron chi connectivity index (χ4n) is 9.01. The maximum atomic E-state index is 5.28. The summed E-state index contributed by atoms with van der Waals surface area (Å²) in [6.45, 7) is 4.16. The van der Waals surface area contributed by atoms with Crippen LogP contribution in [-0.4, -0.2) is 9.55 Å². The lowest BCUT2D eigenvalue weighted by Gasteiger charge is -2.15. The molecule has 0 saturated heterocycles. The van der Waals surface area contributed by atoms with Crippen molar-refractivity contribution in [3.63, 3.8) is 0 Å². The van der Waals surface area contributed by atoms with Crippen molar-refractivity contribution in [2.45, 2.75) is 13.8 Å². The highest BCUT2D eigenvalue weighted by Crippen LogP contribution is 2.50. The van der Waals surface area contributed by atoms with Crippen molar-refractivity contribution in [3.05, 3.63) is 188 Å². The SMILES string of the molecule is C/C=C\C(=C/C)c1cc(-n2c3ccc4c5cccc(-c6cccc7ccccc67)c5sc4c3c3c4ccccc4c4ccccc4c32)cc(-c2ccccc2)n1. The lowest BCUT2D eigenvalue weighted by molar-refractivity contribution is 1.15. The van der Waals surface area contributed by atoms with Gasteiger partial charge in [-0.2, -0.15) is 0 Å². The highest BCUT2D eigenvalue weighted by atomic mass is 32.1. The van der Waals surface area contributed by atoms with E-state index in [9.17, 15) is 0 Å². The van der Waals surface area contributed by atoms with E-state index in [2.05, 4.69) is 200 Å². The van der Waals surface area contributed by atoms with Crippen molar-refractivity contribution >= 4 is 91.2 Å². The maximum Gasteiger partial charge on any atom is 0.0730 e. The van der Waals surface area contributed by atoms with Gasteiger partial charge in [0.25, 0.3) is 0 Å². The average molecular weight is 733 g/mol. The topological polar surface area (TPSA) is 17.8 Å². The quantitative estimate of drug-likeness (QED) is 0.127. The van der Waals surface area contributed by atoms with Gasteiger partial charge in [0.1, 0.15) is 0 Å². The van der Waals surface area contributed by atoms with E-state index in [1.807, 2.05) is 11.3 Å². The van der Waals surface area contributed by atoms with E-state index in [1.54, 1.807) is 0 Å². The van der Waals surface area contributed by atoms with Gasteiger partial charge in [-0.25, -0.2) is 4.98 Å². The first kappa shape index (κ1) is 32.6. The van der Waals surface area contributed by atoms with E-state index >= 15 is 0 Å². The highest BCUT2D eigenvalue weighted by molar-refractivity contribution is 7.27. The third-order valence-corrected chi connectivity index (χ3v) is 12.7. The Hall–Kier alpha value is -6.81. The molecule has 0 fully saturated rings. The van der Waals surface area contributed by atoms with Crippen molar-refractivity contribution in [2.24, 2.45) is 0 Å². The Kier molecular flexibility index (Phi) is 7.51. The van der Waals surface area contributed by atoms with Crippen LogP contribution in [0.1, 0.15) is 19.5 Å². The van der Waals surface area contributed by atoms with Gasteiger partial charge < -0.3 is 4.57 Å². The molecule has 0 N–H and O–H groups in total. The summed E-state index contributed by atoms with van der Waals surface area (Å²) in [5.41, 5.74) is 10.1. The van der Waals surface area contributed by atoms with Crippen LogP contribution in [-0.2, 0) is 0 Å². The van der Waals surface area contributed by atoms with Crippen molar-refractivity contribution in [1.82, 2.24) is 9.55 Å². The zero-order valence-electron chi connectivity index (χ0n) is 31.1. The molecular weight excluding hydrogens is 697 g/mol. The molecule has 0 aliphatic rings. The fraction of sp³-hybridized carbons (Fsp3) is 0.0377. The summed E-state index contributed by atoms with van der Waals surface area (Å²) in [5, 5.41) is 12.7. The summed E-state index contributed by atoms with van der Waals surface area (Å²) >= 11 is 1.93. The molecule has 264 valence electrons. The fourth-order valence-corrected chi connectivity index (χ4v) is 10.4. The van der Waals surface area contributed by atoms with Gasteiger partial charge in [-0.3, -0.25) is 0 Å². The molecule has 0 bridgehead atoms. The lowest BCUT2D eigenvalue weighted by Crippen LogP contribution is -2.00. The van der Waals surface area contributed by atoms with Gasteiger partial charge in [0, 0.05) is 47.5 Å². The number of hydrogen-bond donors (Lipinski definition) is 0. The molecule has 0 atom stereocenters. The summed E-state index contributed by atoms with van der Waals surface area (Å²) in [4.78, 5) is 5.28. The van der Waals surface area contributed by atoms with Crippen LogP contribution in [0.4, 0.5) is 0 Å². The standard InChI is InChI=1S/C53H36N2S/c1-3-16-33(4-2)46-31-36(32-47(54-46)35-18-6-5-7-19-35)55-48-30-29-45-44-28-15-27-43(38-26-14-20-34-17-8-9-21-37(34)38)52(44)56-53(45)50(48)49-41-24-12-10-22-39(41)40-23-11-13-25-42(40)51(49)55/h3-32H,1-2H3/b16-3-,33-4+. The second-order valence-electron chi connectivity index (χ2n) is 14.5. The molecule has 0 radical (unpaired) electrons. The molecule has 56 heavy (non-hydrogen) atoms. The Morgan fingerprint density at radius 2 is 1.18 bits per heavy atom. The number of nitrogens with zero attached hydrogens (tertiary/aromatic N) is 2. The van der Waals surface area contributed by atoms with E-state index in [4.69, 9.17) is 4.98 Å². The first-order chi connectivity index (χ1) is 27.7. The smallest absolute Gasteiger partial charge is 0.0730 e. The van der Waals surface area contributed by atoms with Crippen LogP contribution in [0.5, 0.6) is 0 Å². The normalized spacial score (nSPS) is 12.5. The van der Waals surface area contributed by atoms with Crippen LogP contribution >= 0.6 is 11.3 Å². The lowest BCUT2D eigenvalue weighted by atomic mass is 9.95. The molecule has 0 aliphatic carbocycles. The molecule has 3 heterocycles. The van der Waals surface area contributed by atoms with Crippen molar-refractivity contribution in [1.29, 1.82) is 0 Å². The van der Waals surface area contributed by atoms with Crippen LogP contribution in [0.15, 0.2) is 182 Å². The van der Waals surface area contributed by atoms with Gasteiger partial charge in [0.15, 0.2) is 0 Å². The van der Waals surface area contributed by atoms with Crippen LogP contribution in [0.3, 0.4) is 0 Å².